The van der Waals surface area contributed by atoms with Crippen LogP contribution in [-0.4, -0.2) is 35.7 Å². The van der Waals surface area contributed by atoms with Gasteiger partial charge in [0, 0.05) is 10.9 Å². The molecule has 0 aromatic heterocycles. The van der Waals surface area contributed by atoms with E-state index in [1.807, 2.05) is 31.2 Å². The maximum absolute atomic E-state index is 12.1. The van der Waals surface area contributed by atoms with E-state index in [2.05, 4.69) is 24.5 Å². The van der Waals surface area contributed by atoms with E-state index >= 15 is 0 Å². The first kappa shape index (κ1) is 21.3. The van der Waals surface area contributed by atoms with Gasteiger partial charge in [-0.2, -0.15) is 0 Å². The summed E-state index contributed by atoms with van der Waals surface area (Å²) in [5, 5.41) is 5.07. The van der Waals surface area contributed by atoms with Crippen molar-refractivity contribution >= 4 is 35.2 Å². The molecule has 0 fully saturated rings. The number of benzene rings is 1. The van der Waals surface area contributed by atoms with Gasteiger partial charge in [-0.05, 0) is 31.4 Å². The van der Waals surface area contributed by atoms with Crippen LogP contribution in [-0.2, 0) is 19.1 Å². The lowest BCUT2D eigenvalue weighted by Crippen LogP contribution is -2.36. The monoisotopic (exact) mass is 392 g/mol. The Morgan fingerprint density at radius 2 is 1.96 bits per heavy atom. The van der Waals surface area contributed by atoms with Crippen molar-refractivity contribution in [2.45, 2.75) is 62.6 Å². The number of fused-ring (bicyclic) bond motifs is 1. The maximum Gasteiger partial charge on any atom is 0.307 e. The predicted octanol–water partition coefficient (Wildman–Crippen LogP) is 3.36. The number of ether oxygens (including phenoxy) is 1. The Morgan fingerprint density at radius 3 is 2.70 bits per heavy atom. The molecule has 1 aromatic rings. The first-order valence-corrected chi connectivity index (χ1v) is 10.2. The number of amides is 2. The fourth-order valence-electron chi connectivity index (χ4n) is 2.80. The minimum Gasteiger partial charge on any atom is -0.456 e. The minimum absolute atomic E-state index is 0.0473. The van der Waals surface area contributed by atoms with Crippen LogP contribution in [0, 0.1) is 5.92 Å². The first-order valence-electron chi connectivity index (χ1n) is 9.36. The smallest absolute Gasteiger partial charge is 0.307 e. The molecule has 1 heterocycles. The van der Waals surface area contributed by atoms with Gasteiger partial charge in [0.1, 0.15) is 0 Å². The van der Waals surface area contributed by atoms with Crippen molar-refractivity contribution in [1.82, 2.24) is 5.32 Å². The van der Waals surface area contributed by atoms with Crippen LogP contribution in [0.2, 0.25) is 0 Å². The number of carbonyl (C=O) groups is 3. The molecule has 2 atom stereocenters. The van der Waals surface area contributed by atoms with Gasteiger partial charge in [-0.25, -0.2) is 0 Å². The highest BCUT2D eigenvalue weighted by atomic mass is 32.2. The van der Waals surface area contributed by atoms with E-state index in [0.29, 0.717) is 5.92 Å². The standard InChI is InChI=1S/C20H28N2O4S/c1-13(2)7-6-8-14(3)21-18(23)12-26-19(24)11-17-20(25)22-15-9-4-5-10-16(15)27-17/h4-5,9-10,13-14,17H,6-8,11-12H2,1-3H3,(H,21,23)(H,22,25)/t14-,17+/m1/s1. The summed E-state index contributed by atoms with van der Waals surface area (Å²) < 4.78 is 5.04. The molecule has 0 radical (unpaired) electrons. The van der Waals surface area contributed by atoms with Crippen molar-refractivity contribution in [3.63, 3.8) is 0 Å². The maximum atomic E-state index is 12.1. The quantitative estimate of drug-likeness (QED) is 0.630. The molecule has 2 rings (SSSR count). The van der Waals surface area contributed by atoms with Crippen molar-refractivity contribution in [3.05, 3.63) is 24.3 Å². The SMILES string of the molecule is CC(C)CCC[C@@H](C)NC(=O)COC(=O)C[C@@H]1Sc2ccccc2NC1=O. The summed E-state index contributed by atoms with van der Waals surface area (Å²) >= 11 is 1.34. The van der Waals surface area contributed by atoms with Gasteiger partial charge >= 0.3 is 5.97 Å². The Kier molecular flexibility index (Phi) is 8.16. The van der Waals surface area contributed by atoms with Gasteiger partial charge in [-0.3, -0.25) is 14.4 Å². The van der Waals surface area contributed by atoms with E-state index < -0.39 is 11.2 Å². The summed E-state index contributed by atoms with van der Waals surface area (Å²) in [6.07, 6.45) is 3.01. The second-order valence-electron chi connectivity index (χ2n) is 7.25. The highest BCUT2D eigenvalue weighted by Crippen LogP contribution is 2.36. The van der Waals surface area contributed by atoms with Gasteiger partial charge in [0.05, 0.1) is 17.4 Å². The van der Waals surface area contributed by atoms with Gasteiger partial charge < -0.3 is 15.4 Å². The van der Waals surface area contributed by atoms with E-state index in [4.69, 9.17) is 4.74 Å². The molecule has 0 spiro atoms. The van der Waals surface area contributed by atoms with E-state index in [-0.39, 0.29) is 30.9 Å². The summed E-state index contributed by atoms with van der Waals surface area (Å²) in [4.78, 5) is 36.9. The third-order valence-corrected chi connectivity index (χ3v) is 5.52. The second-order valence-corrected chi connectivity index (χ2v) is 8.49. The van der Waals surface area contributed by atoms with E-state index in [1.165, 1.54) is 11.8 Å². The molecule has 0 saturated carbocycles. The normalized spacial score (nSPS) is 17.0. The van der Waals surface area contributed by atoms with Crippen molar-refractivity contribution in [3.8, 4) is 0 Å². The number of nitrogens with one attached hydrogen (secondary N) is 2. The Hall–Kier alpha value is -2.02. The molecule has 0 saturated heterocycles. The third kappa shape index (κ3) is 7.25. The first-order chi connectivity index (χ1) is 12.8. The number of para-hydroxylation sites is 1. The van der Waals surface area contributed by atoms with Crippen LogP contribution in [0.4, 0.5) is 5.69 Å². The molecule has 7 heteroatoms. The third-order valence-electron chi connectivity index (χ3n) is 4.25. The molecule has 2 amide bonds. The Morgan fingerprint density at radius 1 is 1.22 bits per heavy atom. The summed E-state index contributed by atoms with van der Waals surface area (Å²) in [6.45, 7) is 5.97. The van der Waals surface area contributed by atoms with Crippen molar-refractivity contribution in [2.24, 2.45) is 5.92 Å². The topological polar surface area (TPSA) is 84.5 Å². The minimum atomic E-state index is -0.551. The number of hydrogen-bond acceptors (Lipinski definition) is 5. The zero-order valence-electron chi connectivity index (χ0n) is 16.1. The predicted molar refractivity (Wildman–Crippen MR) is 107 cm³/mol. The zero-order chi connectivity index (χ0) is 19.8. The molecule has 148 valence electrons. The van der Waals surface area contributed by atoms with Crippen molar-refractivity contribution < 1.29 is 19.1 Å². The zero-order valence-corrected chi connectivity index (χ0v) is 16.9. The molecule has 27 heavy (non-hydrogen) atoms. The molecule has 0 unspecified atom stereocenters. The number of hydrogen-bond donors (Lipinski definition) is 2. The molecule has 6 nitrogen and oxygen atoms in total. The lowest BCUT2D eigenvalue weighted by Gasteiger charge is -2.23. The molecular weight excluding hydrogens is 364 g/mol. The molecule has 0 bridgehead atoms. The Labute approximate surface area is 164 Å². The molecule has 1 aliphatic heterocycles. The van der Waals surface area contributed by atoms with Gasteiger partial charge in [0.15, 0.2) is 6.61 Å². The highest BCUT2D eigenvalue weighted by Gasteiger charge is 2.29. The van der Waals surface area contributed by atoms with Crippen molar-refractivity contribution in [2.75, 3.05) is 11.9 Å². The average Bonchev–Trinajstić information content (AvgIpc) is 2.60. The van der Waals surface area contributed by atoms with Crippen LogP contribution >= 0.6 is 11.8 Å². The fraction of sp³-hybridized carbons (Fsp3) is 0.550. The number of esters is 1. The van der Waals surface area contributed by atoms with E-state index in [1.54, 1.807) is 0 Å². The second kappa shape index (κ2) is 10.3. The summed E-state index contributed by atoms with van der Waals surface area (Å²) in [6, 6.07) is 7.49. The lowest BCUT2D eigenvalue weighted by molar-refractivity contribution is -0.149. The van der Waals surface area contributed by atoms with Gasteiger partial charge in [-0.1, -0.05) is 38.8 Å². The Balaban J connectivity index is 1.70. The molecular formula is C20H28N2O4S. The summed E-state index contributed by atoms with van der Waals surface area (Å²) in [5.41, 5.74) is 0.753. The largest absolute Gasteiger partial charge is 0.456 e. The van der Waals surface area contributed by atoms with Crippen LogP contribution in [0.5, 0.6) is 0 Å². The molecule has 1 aromatic carbocycles. The molecule has 1 aliphatic rings. The Bertz CT molecular complexity index is 678. The fourth-order valence-corrected chi connectivity index (χ4v) is 3.90. The average molecular weight is 393 g/mol. The number of anilines is 1. The molecule has 2 N–H and O–H groups in total. The van der Waals surface area contributed by atoms with Gasteiger partial charge in [0.25, 0.3) is 5.91 Å². The molecule has 0 aliphatic carbocycles. The van der Waals surface area contributed by atoms with Crippen molar-refractivity contribution in [1.29, 1.82) is 0 Å². The van der Waals surface area contributed by atoms with Crippen LogP contribution in [0.25, 0.3) is 0 Å². The van der Waals surface area contributed by atoms with E-state index in [9.17, 15) is 14.4 Å². The summed E-state index contributed by atoms with van der Waals surface area (Å²) in [5.74, 6) is -0.439. The lowest BCUT2D eigenvalue weighted by atomic mass is 10.0. The highest BCUT2D eigenvalue weighted by molar-refractivity contribution is 8.01. The van der Waals surface area contributed by atoms with E-state index in [0.717, 1.165) is 29.8 Å². The number of thioether (sulfide) groups is 1. The van der Waals surface area contributed by atoms with Crippen LogP contribution in [0.3, 0.4) is 0 Å². The van der Waals surface area contributed by atoms with Crippen LogP contribution in [0.15, 0.2) is 29.2 Å². The number of carbonyl (C=O) groups excluding carboxylic acids is 3. The summed E-state index contributed by atoms with van der Waals surface area (Å²) in [7, 11) is 0. The van der Waals surface area contributed by atoms with Crippen LogP contribution < -0.4 is 10.6 Å². The van der Waals surface area contributed by atoms with Gasteiger partial charge in [0.2, 0.25) is 5.91 Å². The van der Waals surface area contributed by atoms with Gasteiger partial charge in [-0.15, -0.1) is 11.8 Å². The number of rotatable bonds is 9. The van der Waals surface area contributed by atoms with Crippen LogP contribution in [0.1, 0.15) is 46.5 Å².